The van der Waals surface area contributed by atoms with E-state index in [-0.39, 0.29) is 0 Å². The highest BCUT2D eigenvalue weighted by Crippen LogP contribution is 2.27. The van der Waals surface area contributed by atoms with Gasteiger partial charge in [-0.25, -0.2) is 22.8 Å². The smallest absolute Gasteiger partial charge is 0.201 e. The molecular weight excluding hydrogens is 947 g/mol. The summed E-state index contributed by atoms with van der Waals surface area (Å²) in [6.07, 6.45) is 10.6. The zero-order chi connectivity index (χ0) is 56.8. The lowest BCUT2D eigenvalue weighted by atomic mass is 9.99. The van der Waals surface area contributed by atoms with Crippen LogP contribution in [-0.4, -0.2) is 0 Å². The molecule has 0 saturated heterocycles. The molecule has 0 spiro atoms. The fraction of sp³-hybridized carbons (Fsp3) is 0.247. The van der Waals surface area contributed by atoms with Crippen molar-refractivity contribution in [3.8, 4) is 56.3 Å². The maximum Gasteiger partial charge on any atom is 0.215 e. The van der Waals surface area contributed by atoms with Gasteiger partial charge in [-0.15, -0.1) is 0 Å². The molecule has 10 rings (SSSR count). The van der Waals surface area contributed by atoms with Crippen molar-refractivity contribution in [2.75, 3.05) is 0 Å². The average molecular weight is 1030 g/mol. The molecule has 5 aromatic heterocycles. The Morgan fingerprint density at radius 3 is 1.19 bits per heavy atom. The van der Waals surface area contributed by atoms with Gasteiger partial charge in [0.15, 0.2) is 31.0 Å². The van der Waals surface area contributed by atoms with E-state index in [1.54, 1.807) is 0 Å². The lowest BCUT2D eigenvalue weighted by Gasteiger charge is -2.08. The van der Waals surface area contributed by atoms with Crippen LogP contribution in [0, 0.1) is 90.0 Å². The summed E-state index contributed by atoms with van der Waals surface area (Å²) in [5, 5.41) is 0. The van der Waals surface area contributed by atoms with Gasteiger partial charge in [-0.2, -0.15) is 0 Å². The van der Waals surface area contributed by atoms with Crippen molar-refractivity contribution in [3.05, 3.63) is 267 Å². The minimum Gasteiger partial charge on any atom is -0.201 e. The molecule has 0 aliphatic heterocycles. The van der Waals surface area contributed by atoms with Gasteiger partial charge < -0.3 is 0 Å². The summed E-state index contributed by atoms with van der Waals surface area (Å²) in [7, 11) is 10.5. The Hall–Kier alpha value is -8.15. The molecule has 0 N–H and O–H groups in total. The molecule has 0 radical (unpaired) electrons. The van der Waals surface area contributed by atoms with Crippen molar-refractivity contribution in [3.63, 3.8) is 0 Å². The topological polar surface area (TPSA) is 19.4 Å². The Balaban J connectivity index is 0.000000158. The Bertz CT molecular complexity index is 3630. The minimum absolute atomic E-state index is 1.26. The van der Waals surface area contributed by atoms with Crippen LogP contribution in [0.15, 0.2) is 195 Å². The van der Waals surface area contributed by atoms with E-state index in [9.17, 15) is 0 Å². The van der Waals surface area contributed by atoms with E-state index in [0.717, 1.165) is 0 Å². The Morgan fingerprint density at radius 1 is 0.231 bits per heavy atom. The highest BCUT2D eigenvalue weighted by Gasteiger charge is 2.18. The predicted molar refractivity (Wildman–Crippen MR) is 327 cm³/mol. The van der Waals surface area contributed by atoms with Gasteiger partial charge in [0.25, 0.3) is 0 Å². The SMILES string of the molecule is Cc1cc(-c2ccccc2C)[n+](C)cc1C.Cc1ccc(-c2ccc(C)c[n+]2C)c(C)c1.Cc1ccc(-c2cccc[n+]2C)c(C)c1.Cc1cccc(-c2cccc[n+]2C)c1C.Cc1ccccc1-c1c(C)c(C)cc[n+]1C. The third-order valence-electron chi connectivity index (χ3n) is 15.0. The molecule has 0 amide bonds. The van der Waals surface area contributed by atoms with Crippen molar-refractivity contribution in [1.29, 1.82) is 0 Å². The second-order valence-electron chi connectivity index (χ2n) is 21.3. The fourth-order valence-electron chi connectivity index (χ4n) is 9.98. The summed E-state index contributed by atoms with van der Waals surface area (Å²) in [6, 6.07) is 58.0. The third-order valence-corrected chi connectivity index (χ3v) is 15.0. The molecule has 5 nitrogen and oxygen atoms in total. The summed E-state index contributed by atoms with van der Waals surface area (Å²) in [6.45, 7) is 28.0. The molecule has 0 fully saturated rings. The summed E-state index contributed by atoms with van der Waals surface area (Å²) in [4.78, 5) is 0. The van der Waals surface area contributed by atoms with Gasteiger partial charge >= 0.3 is 0 Å². The molecule has 5 heteroatoms. The van der Waals surface area contributed by atoms with E-state index in [1.807, 2.05) is 6.07 Å². The second kappa shape index (κ2) is 27.2. The number of aryl methyl sites for hydroxylation is 16. The molecule has 5 heterocycles. The van der Waals surface area contributed by atoms with Gasteiger partial charge in [-0.1, -0.05) is 83.9 Å². The number of hydrogen-bond donors (Lipinski definition) is 0. The van der Waals surface area contributed by atoms with Gasteiger partial charge in [-0.3, -0.25) is 0 Å². The maximum atomic E-state index is 2.26. The quantitative estimate of drug-likeness (QED) is 0.153. The van der Waals surface area contributed by atoms with E-state index in [2.05, 4.69) is 337 Å². The fourth-order valence-corrected chi connectivity index (χ4v) is 9.98. The lowest BCUT2D eigenvalue weighted by Crippen LogP contribution is -2.31. The van der Waals surface area contributed by atoms with Crippen molar-refractivity contribution >= 4 is 0 Å². The first-order valence-corrected chi connectivity index (χ1v) is 27.3. The van der Waals surface area contributed by atoms with Crippen molar-refractivity contribution in [1.82, 2.24) is 0 Å². The number of nitrogens with zero attached hydrogens (tertiary/aromatic N) is 5. The zero-order valence-corrected chi connectivity index (χ0v) is 50.2. The standard InChI is InChI=1S/3C15H18N.2C14H16N/c1-11-5-7-14(13(3)9-11)15-8-6-12(2)10-16(15)4;1-11-7-5-6-8-14(11)15-9-12(2)13(3)10-16(15)4;1-11-9-10-16(4)15(13(11)3)14-8-6-5-7-12(14)2;1-11-7-6-8-13(12(11)2)14-9-4-5-10-15(14)3;1-11-7-8-13(12(2)10-11)14-6-4-5-9-15(14)3/h3*5-10H,1-4H3;2*4-10H,1-3H3/q5*+1. The van der Waals surface area contributed by atoms with Crippen molar-refractivity contribution in [2.24, 2.45) is 35.2 Å². The summed E-state index contributed by atoms with van der Waals surface area (Å²) < 4.78 is 10.9. The Kier molecular flexibility index (Phi) is 20.6. The van der Waals surface area contributed by atoms with Gasteiger partial charge in [0, 0.05) is 87.0 Å². The first kappa shape index (κ1) is 59.1. The molecular formula is C73H86N5+5. The van der Waals surface area contributed by atoms with Crippen LogP contribution in [0.5, 0.6) is 0 Å². The average Bonchev–Trinajstić information content (AvgIpc) is 3.42. The van der Waals surface area contributed by atoms with Crippen LogP contribution >= 0.6 is 0 Å². The summed E-state index contributed by atoms with van der Waals surface area (Å²) in [5.74, 6) is 0. The lowest BCUT2D eigenvalue weighted by molar-refractivity contribution is -0.660. The van der Waals surface area contributed by atoms with Gasteiger partial charge in [0.2, 0.25) is 28.5 Å². The maximum absolute atomic E-state index is 2.26. The molecule has 10 aromatic rings. The van der Waals surface area contributed by atoms with Crippen molar-refractivity contribution < 1.29 is 22.8 Å². The van der Waals surface area contributed by atoms with Crippen LogP contribution in [0.1, 0.15) is 72.3 Å². The molecule has 0 saturated carbocycles. The van der Waals surface area contributed by atoms with Crippen LogP contribution in [0.4, 0.5) is 0 Å². The van der Waals surface area contributed by atoms with Crippen LogP contribution in [0.25, 0.3) is 56.3 Å². The first-order chi connectivity index (χ1) is 37.2. The summed E-state index contributed by atoms with van der Waals surface area (Å²) >= 11 is 0. The van der Waals surface area contributed by atoms with Gasteiger partial charge in [-0.05, 0) is 183 Å². The van der Waals surface area contributed by atoms with Crippen LogP contribution in [0.3, 0.4) is 0 Å². The monoisotopic (exact) mass is 1030 g/mol. The number of hydrogen-bond acceptors (Lipinski definition) is 0. The van der Waals surface area contributed by atoms with Crippen LogP contribution in [0.2, 0.25) is 0 Å². The molecule has 0 atom stereocenters. The molecule has 0 bridgehead atoms. The molecule has 398 valence electrons. The molecule has 78 heavy (non-hydrogen) atoms. The van der Waals surface area contributed by atoms with E-state index in [4.69, 9.17) is 0 Å². The zero-order valence-electron chi connectivity index (χ0n) is 50.2. The Morgan fingerprint density at radius 2 is 0.667 bits per heavy atom. The van der Waals surface area contributed by atoms with Crippen LogP contribution < -0.4 is 22.8 Å². The van der Waals surface area contributed by atoms with Crippen molar-refractivity contribution in [2.45, 2.75) is 90.0 Å². The van der Waals surface area contributed by atoms with Gasteiger partial charge in [0.05, 0.1) is 0 Å². The first-order valence-electron chi connectivity index (χ1n) is 27.3. The molecule has 0 aliphatic carbocycles. The van der Waals surface area contributed by atoms with Gasteiger partial charge in [0.1, 0.15) is 35.2 Å². The normalized spacial score (nSPS) is 10.4. The predicted octanol–water partition coefficient (Wildman–Crippen LogP) is 14.9. The Labute approximate surface area is 469 Å². The molecule has 0 aliphatic rings. The van der Waals surface area contributed by atoms with Crippen LogP contribution in [-0.2, 0) is 35.2 Å². The number of rotatable bonds is 5. The largest absolute Gasteiger partial charge is 0.215 e. The second-order valence-corrected chi connectivity index (χ2v) is 21.3. The molecule has 5 aromatic carbocycles. The van der Waals surface area contributed by atoms with E-state index < -0.39 is 0 Å². The number of pyridine rings is 5. The summed E-state index contributed by atoms with van der Waals surface area (Å²) in [5.41, 5.74) is 30.3. The third kappa shape index (κ3) is 15.1. The number of aromatic nitrogens is 5. The highest BCUT2D eigenvalue weighted by atomic mass is 14.9. The van der Waals surface area contributed by atoms with E-state index >= 15 is 0 Å². The number of benzene rings is 5. The van der Waals surface area contributed by atoms with E-state index in [1.165, 1.54) is 129 Å². The highest BCUT2D eigenvalue weighted by molar-refractivity contribution is 5.66. The minimum atomic E-state index is 1.26. The van der Waals surface area contributed by atoms with E-state index in [0.29, 0.717) is 0 Å². The molecule has 0 unspecified atom stereocenters.